The molecule has 8 nitrogen and oxygen atoms in total. The number of nitrogens with zero attached hydrogens (tertiary/aromatic N) is 2. The minimum absolute atomic E-state index is 0.0546. The number of halogens is 1. The molecule has 0 radical (unpaired) electrons. The van der Waals surface area contributed by atoms with Crippen molar-refractivity contribution in [2.24, 2.45) is 0 Å². The first-order valence-electron chi connectivity index (χ1n) is 11.2. The second-order valence-electron chi connectivity index (χ2n) is 8.23. The molecule has 5 rings (SSSR count). The summed E-state index contributed by atoms with van der Waals surface area (Å²) in [6.07, 6.45) is 0.626. The highest BCUT2D eigenvalue weighted by molar-refractivity contribution is 6.15. The molecule has 1 aromatic heterocycles. The molecule has 0 amide bonds. The molecule has 0 atom stereocenters. The number of ether oxygens (including phenoxy) is 3. The lowest BCUT2D eigenvalue weighted by Gasteiger charge is -2.26. The molecule has 34 heavy (non-hydrogen) atoms. The van der Waals surface area contributed by atoms with Gasteiger partial charge in [0.05, 0.1) is 24.5 Å². The monoisotopic (exact) mass is 468 g/mol. The summed E-state index contributed by atoms with van der Waals surface area (Å²) < 4.78 is 32.3. The number of rotatable bonds is 7. The van der Waals surface area contributed by atoms with Crippen LogP contribution in [-0.2, 0) is 11.3 Å². The van der Waals surface area contributed by atoms with Gasteiger partial charge >= 0.3 is 0 Å². The van der Waals surface area contributed by atoms with Crippen LogP contribution in [-0.4, -0.2) is 65.1 Å². The predicted molar refractivity (Wildman–Crippen MR) is 121 cm³/mol. The fraction of sp³-hybridized carbons (Fsp3) is 0.320. The largest absolute Gasteiger partial charge is 0.503 e. The van der Waals surface area contributed by atoms with Gasteiger partial charge in [0.25, 0.3) is 0 Å². The molecule has 178 valence electrons. The van der Waals surface area contributed by atoms with Crippen molar-refractivity contribution >= 4 is 5.78 Å². The van der Waals surface area contributed by atoms with Gasteiger partial charge in [0, 0.05) is 37.3 Å². The van der Waals surface area contributed by atoms with Crippen molar-refractivity contribution in [2.75, 3.05) is 39.6 Å². The Kier molecular flexibility index (Phi) is 6.12. The second kappa shape index (κ2) is 9.36. The lowest BCUT2D eigenvalue weighted by Crippen LogP contribution is -2.37. The molecule has 3 aromatic rings. The number of fused-ring (bicyclic) bond motifs is 1. The zero-order chi connectivity index (χ0) is 23.7. The van der Waals surface area contributed by atoms with Crippen molar-refractivity contribution in [1.29, 1.82) is 0 Å². The number of carbonyl (C=O) groups is 1. The Balaban J connectivity index is 1.53. The Bertz CT molecular complexity index is 1220. The Morgan fingerprint density at radius 2 is 1.76 bits per heavy atom. The van der Waals surface area contributed by atoms with Crippen LogP contribution in [0.1, 0.15) is 22.3 Å². The van der Waals surface area contributed by atoms with Crippen LogP contribution >= 0.6 is 0 Å². The molecule has 0 bridgehead atoms. The van der Waals surface area contributed by atoms with E-state index in [2.05, 4.69) is 4.90 Å². The van der Waals surface area contributed by atoms with E-state index in [1.807, 2.05) is 0 Å². The fourth-order valence-corrected chi connectivity index (χ4v) is 4.42. The average molecular weight is 468 g/mol. The molecule has 0 saturated carbocycles. The van der Waals surface area contributed by atoms with Gasteiger partial charge in [-0.05, 0) is 36.8 Å². The molecule has 2 aromatic carbocycles. The molecule has 0 spiro atoms. The lowest BCUT2D eigenvalue weighted by atomic mass is 9.98. The Morgan fingerprint density at radius 3 is 2.56 bits per heavy atom. The van der Waals surface area contributed by atoms with Gasteiger partial charge in [-0.2, -0.15) is 0 Å². The van der Waals surface area contributed by atoms with E-state index in [1.165, 1.54) is 22.8 Å². The summed E-state index contributed by atoms with van der Waals surface area (Å²) in [4.78, 5) is 15.8. The molecular formula is C25H25FN2O6. The Hall–Kier alpha value is -3.56. The highest BCUT2D eigenvalue weighted by Crippen LogP contribution is 2.43. The predicted octanol–water partition coefficient (Wildman–Crippen LogP) is 3.39. The summed E-state index contributed by atoms with van der Waals surface area (Å²) in [5.41, 5.74) is 0.321. The second-order valence-corrected chi connectivity index (χ2v) is 8.23. The van der Waals surface area contributed by atoms with E-state index in [0.717, 1.165) is 19.6 Å². The Labute approximate surface area is 195 Å². The van der Waals surface area contributed by atoms with Gasteiger partial charge in [0.2, 0.25) is 12.7 Å². The standard InChI is InChI=1S/C25H25FN2O6/c26-18-5-2-1-4-17(18)22-21(23(29)16-6-7-19-20(14-16)34-15-33-19)24(30)25(31)28(22)9-3-8-27-10-12-32-13-11-27/h1-2,4-7,14,30-31H,3,8-13,15H2. The summed E-state index contributed by atoms with van der Waals surface area (Å²) >= 11 is 0. The number of carbonyl (C=O) groups excluding carboxylic acids is 1. The van der Waals surface area contributed by atoms with E-state index in [9.17, 15) is 19.4 Å². The summed E-state index contributed by atoms with van der Waals surface area (Å²) in [6, 6.07) is 10.7. The highest BCUT2D eigenvalue weighted by Gasteiger charge is 2.31. The number of ketones is 1. The lowest BCUT2D eigenvalue weighted by molar-refractivity contribution is 0.0369. The van der Waals surface area contributed by atoms with E-state index in [1.54, 1.807) is 24.3 Å². The van der Waals surface area contributed by atoms with Crippen LogP contribution in [0.5, 0.6) is 23.1 Å². The SMILES string of the molecule is O=C(c1ccc2c(c1)OCO2)c1c(O)c(O)n(CCCN2CCOCC2)c1-c1ccccc1F. The maximum absolute atomic E-state index is 14.9. The van der Waals surface area contributed by atoms with Crippen molar-refractivity contribution < 1.29 is 33.6 Å². The maximum atomic E-state index is 14.9. The number of hydrogen-bond donors (Lipinski definition) is 2. The molecule has 2 N–H and O–H groups in total. The molecule has 0 aliphatic carbocycles. The van der Waals surface area contributed by atoms with Gasteiger partial charge in [-0.1, -0.05) is 12.1 Å². The first-order valence-corrected chi connectivity index (χ1v) is 11.2. The van der Waals surface area contributed by atoms with Crippen molar-refractivity contribution in [3.63, 3.8) is 0 Å². The summed E-state index contributed by atoms with van der Waals surface area (Å²) in [6.45, 7) is 4.06. The van der Waals surface area contributed by atoms with Gasteiger partial charge in [-0.25, -0.2) is 4.39 Å². The van der Waals surface area contributed by atoms with Crippen LogP contribution in [0.15, 0.2) is 42.5 Å². The summed E-state index contributed by atoms with van der Waals surface area (Å²) in [7, 11) is 0. The van der Waals surface area contributed by atoms with Crippen molar-refractivity contribution in [3.8, 4) is 34.4 Å². The molecule has 3 heterocycles. The zero-order valence-electron chi connectivity index (χ0n) is 18.5. The van der Waals surface area contributed by atoms with E-state index in [0.29, 0.717) is 31.1 Å². The normalized spacial score (nSPS) is 15.6. The molecule has 9 heteroatoms. The van der Waals surface area contributed by atoms with Crippen molar-refractivity contribution in [3.05, 3.63) is 59.4 Å². The Morgan fingerprint density at radius 1 is 1.00 bits per heavy atom. The van der Waals surface area contributed by atoms with Gasteiger partial charge in [-0.15, -0.1) is 0 Å². The quantitative estimate of drug-likeness (QED) is 0.514. The van der Waals surface area contributed by atoms with Crippen LogP contribution in [0.25, 0.3) is 11.3 Å². The highest BCUT2D eigenvalue weighted by atomic mass is 19.1. The molecule has 1 fully saturated rings. The summed E-state index contributed by atoms with van der Waals surface area (Å²) in [5, 5.41) is 21.6. The maximum Gasteiger partial charge on any atom is 0.235 e. The molecule has 2 aliphatic rings. The van der Waals surface area contributed by atoms with E-state index < -0.39 is 23.2 Å². The van der Waals surface area contributed by atoms with Crippen LogP contribution in [0, 0.1) is 5.82 Å². The van der Waals surface area contributed by atoms with Crippen molar-refractivity contribution in [2.45, 2.75) is 13.0 Å². The third kappa shape index (κ3) is 4.08. The topological polar surface area (TPSA) is 93.4 Å². The summed E-state index contributed by atoms with van der Waals surface area (Å²) in [5.74, 6) is -1.24. The fourth-order valence-electron chi connectivity index (χ4n) is 4.42. The third-order valence-electron chi connectivity index (χ3n) is 6.16. The van der Waals surface area contributed by atoms with Gasteiger partial charge in [0.1, 0.15) is 5.82 Å². The van der Waals surface area contributed by atoms with Crippen molar-refractivity contribution in [1.82, 2.24) is 9.47 Å². The van der Waals surface area contributed by atoms with Gasteiger partial charge in [-0.3, -0.25) is 9.69 Å². The molecular weight excluding hydrogens is 443 g/mol. The van der Waals surface area contributed by atoms with Crippen LogP contribution in [0.2, 0.25) is 0 Å². The average Bonchev–Trinajstić information content (AvgIpc) is 3.42. The van der Waals surface area contributed by atoms with E-state index in [4.69, 9.17) is 14.2 Å². The molecule has 2 aliphatic heterocycles. The van der Waals surface area contributed by atoms with Crippen LogP contribution < -0.4 is 9.47 Å². The number of hydrogen-bond acceptors (Lipinski definition) is 7. The third-order valence-corrected chi connectivity index (χ3v) is 6.16. The van der Waals surface area contributed by atoms with Crippen LogP contribution in [0.3, 0.4) is 0 Å². The molecule has 1 saturated heterocycles. The number of morpholine rings is 1. The van der Waals surface area contributed by atoms with E-state index in [-0.39, 0.29) is 35.7 Å². The number of benzene rings is 2. The van der Waals surface area contributed by atoms with E-state index >= 15 is 0 Å². The van der Waals surface area contributed by atoms with Crippen LogP contribution in [0.4, 0.5) is 4.39 Å². The minimum atomic E-state index is -0.577. The smallest absolute Gasteiger partial charge is 0.235 e. The van der Waals surface area contributed by atoms with Gasteiger partial charge in [0.15, 0.2) is 23.0 Å². The molecule has 0 unspecified atom stereocenters. The zero-order valence-corrected chi connectivity index (χ0v) is 18.5. The minimum Gasteiger partial charge on any atom is -0.503 e. The number of aromatic nitrogens is 1. The first kappa shape index (κ1) is 22.2. The van der Waals surface area contributed by atoms with Gasteiger partial charge < -0.3 is 29.0 Å². The number of aromatic hydroxyl groups is 2. The first-order chi connectivity index (χ1) is 16.5.